The van der Waals surface area contributed by atoms with Gasteiger partial charge in [-0.2, -0.15) is 0 Å². The van der Waals surface area contributed by atoms with E-state index >= 15 is 0 Å². The third-order valence-electron chi connectivity index (χ3n) is 3.91. The van der Waals surface area contributed by atoms with Crippen molar-refractivity contribution in [3.63, 3.8) is 0 Å². The minimum Gasteiger partial charge on any atom is -0.353 e. The molecule has 0 spiro atoms. The van der Waals surface area contributed by atoms with Crippen molar-refractivity contribution in [2.75, 3.05) is 13.1 Å². The van der Waals surface area contributed by atoms with Gasteiger partial charge >= 0.3 is 0 Å². The van der Waals surface area contributed by atoms with Gasteiger partial charge in [-0.25, -0.2) is 0 Å². The first-order valence-electron chi connectivity index (χ1n) is 6.45. The van der Waals surface area contributed by atoms with Gasteiger partial charge in [0.2, 0.25) is 5.91 Å². The molecule has 0 bridgehead atoms. The number of hydrogen-bond acceptors (Lipinski definition) is 3. The number of rotatable bonds is 2. The molecule has 3 rings (SSSR count). The van der Waals surface area contributed by atoms with Crippen LogP contribution >= 0.6 is 27.3 Å². The highest BCUT2D eigenvalue weighted by Crippen LogP contribution is 2.28. The second kappa shape index (κ2) is 5.31. The van der Waals surface area contributed by atoms with Gasteiger partial charge in [0.25, 0.3) is 0 Å². The zero-order valence-electron chi connectivity index (χ0n) is 10.2. The largest absolute Gasteiger partial charge is 0.353 e. The van der Waals surface area contributed by atoms with Crippen LogP contribution in [0.5, 0.6) is 0 Å². The van der Waals surface area contributed by atoms with Gasteiger partial charge in [0.05, 0.1) is 0 Å². The van der Waals surface area contributed by atoms with E-state index in [2.05, 4.69) is 37.6 Å². The van der Waals surface area contributed by atoms with Crippen LogP contribution in [0, 0.1) is 5.92 Å². The number of amides is 1. The topological polar surface area (TPSA) is 32.3 Å². The Morgan fingerprint density at radius 2 is 2.39 bits per heavy atom. The first-order chi connectivity index (χ1) is 8.70. The maximum atomic E-state index is 11.4. The van der Waals surface area contributed by atoms with Gasteiger partial charge in [-0.1, -0.05) is 0 Å². The summed E-state index contributed by atoms with van der Waals surface area (Å²) in [5.74, 6) is 0.895. The molecule has 1 N–H and O–H groups in total. The highest BCUT2D eigenvalue weighted by molar-refractivity contribution is 9.10. The van der Waals surface area contributed by atoms with Gasteiger partial charge in [-0.05, 0) is 40.8 Å². The quantitative estimate of drug-likeness (QED) is 0.905. The summed E-state index contributed by atoms with van der Waals surface area (Å²) >= 11 is 5.32. The van der Waals surface area contributed by atoms with Crippen LogP contribution in [0.4, 0.5) is 0 Å². The smallest absolute Gasteiger partial charge is 0.220 e. The number of nitrogens with zero attached hydrogens (tertiary/aromatic N) is 1. The van der Waals surface area contributed by atoms with Crippen LogP contribution in [0.1, 0.15) is 24.1 Å². The van der Waals surface area contributed by atoms with Crippen LogP contribution in [0.2, 0.25) is 0 Å². The molecule has 2 aliphatic heterocycles. The molecule has 2 atom stereocenters. The summed E-state index contributed by atoms with van der Waals surface area (Å²) in [5.41, 5.74) is 0. The average Bonchev–Trinajstić information content (AvgIpc) is 2.75. The number of carbonyl (C=O) groups is 1. The predicted octanol–water partition coefficient (Wildman–Crippen LogP) is 2.61. The second-order valence-corrected chi connectivity index (χ2v) is 7.14. The van der Waals surface area contributed by atoms with Crippen molar-refractivity contribution in [1.82, 2.24) is 10.2 Å². The number of piperidine rings is 2. The molecule has 0 saturated carbocycles. The molecule has 2 aliphatic rings. The van der Waals surface area contributed by atoms with Crippen molar-refractivity contribution >= 4 is 33.2 Å². The minimum atomic E-state index is 0.242. The van der Waals surface area contributed by atoms with Gasteiger partial charge in [0.1, 0.15) is 0 Å². The molecular formula is C13H17BrN2OS. The van der Waals surface area contributed by atoms with E-state index in [1.54, 1.807) is 0 Å². The number of likely N-dealkylation sites (tertiary alicyclic amines) is 1. The highest BCUT2D eigenvalue weighted by atomic mass is 79.9. The highest BCUT2D eigenvalue weighted by Gasteiger charge is 2.33. The van der Waals surface area contributed by atoms with Crippen LogP contribution in [-0.2, 0) is 11.3 Å². The number of thiophene rings is 1. The van der Waals surface area contributed by atoms with Crippen LogP contribution < -0.4 is 5.32 Å². The molecule has 1 aromatic heterocycles. The lowest BCUT2D eigenvalue weighted by Crippen LogP contribution is -2.53. The Kier molecular flexibility index (Phi) is 3.73. The third-order valence-corrected chi connectivity index (χ3v) is 5.59. The summed E-state index contributed by atoms with van der Waals surface area (Å²) in [6.07, 6.45) is 2.86. The molecule has 1 aromatic rings. The Labute approximate surface area is 120 Å². The lowest BCUT2D eigenvalue weighted by Gasteiger charge is -2.41. The first-order valence-corrected chi connectivity index (χ1v) is 8.12. The summed E-state index contributed by atoms with van der Waals surface area (Å²) in [6, 6.07) is 2.64. The van der Waals surface area contributed by atoms with Gasteiger partial charge in [0, 0.05) is 46.8 Å². The van der Waals surface area contributed by atoms with Crippen LogP contribution in [0.3, 0.4) is 0 Å². The fraction of sp³-hybridized carbons (Fsp3) is 0.615. The fourth-order valence-corrected chi connectivity index (χ4v) is 4.48. The van der Waals surface area contributed by atoms with E-state index in [1.165, 1.54) is 9.35 Å². The fourth-order valence-electron chi connectivity index (χ4n) is 2.99. The van der Waals surface area contributed by atoms with Crippen molar-refractivity contribution in [2.45, 2.75) is 31.8 Å². The van der Waals surface area contributed by atoms with Gasteiger partial charge in [-0.3, -0.25) is 9.69 Å². The van der Waals surface area contributed by atoms with Gasteiger partial charge in [-0.15, -0.1) is 11.3 Å². The van der Waals surface area contributed by atoms with Crippen LogP contribution in [-0.4, -0.2) is 29.9 Å². The Bertz CT molecular complexity index is 448. The van der Waals surface area contributed by atoms with Crippen LogP contribution in [0.25, 0.3) is 0 Å². The number of hydrogen-bond donors (Lipinski definition) is 1. The summed E-state index contributed by atoms with van der Waals surface area (Å²) < 4.78 is 1.18. The first kappa shape index (κ1) is 12.6. The maximum absolute atomic E-state index is 11.4. The van der Waals surface area contributed by atoms with Gasteiger partial charge < -0.3 is 5.32 Å². The monoisotopic (exact) mass is 328 g/mol. The van der Waals surface area contributed by atoms with Crippen molar-refractivity contribution in [2.24, 2.45) is 5.92 Å². The minimum absolute atomic E-state index is 0.242. The number of fused-ring (bicyclic) bond motifs is 1. The molecule has 5 heteroatoms. The number of carbonyl (C=O) groups excluding carboxylic acids is 1. The standard InChI is InChI=1S/C13H17BrN2OS/c14-10-5-11(18-8-10)7-16-4-3-12-9(6-16)1-2-13(17)15-12/h5,8-9,12H,1-4,6-7H2,(H,15,17). The van der Waals surface area contributed by atoms with E-state index in [9.17, 15) is 4.79 Å². The zero-order valence-corrected chi connectivity index (χ0v) is 12.6. The molecule has 0 aliphatic carbocycles. The van der Waals surface area contributed by atoms with Crippen LogP contribution in [0.15, 0.2) is 15.9 Å². The predicted molar refractivity (Wildman–Crippen MR) is 76.6 cm³/mol. The van der Waals surface area contributed by atoms with E-state index in [4.69, 9.17) is 0 Å². The van der Waals surface area contributed by atoms with Crippen molar-refractivity contribution in [3.05, 3.63) is 20.8 Å². The van der Waals surface area contributed by atoms with E-state index in [0.29, 0.717) is 18.4 Å². The lowest BCUT2D eigenvalue weighted by atomic mass is 9.85. The van der Waals surface area contributed by atoms with Crippen molar-refractivity contribution in [3.8, 4) is 0 Å². The Morgan fingerprint density at radius 1 is 1.50 bits per heavy atom. The van der Waals surface area contributed by atoms with E-state index in [0.717, 1.165) is 32.5 Å². The molecule has 98 valence electrons. The Morgan fingerprint density at radius 3 is 3.17 bits per heavy atom. The summed E-state index contributed by atoms with van der Waals surface area (Å²) in [6.45, 7) is 3.27. The summed E-state index contributed by atoms with van der Waals surface area (Å²) in [7, 11) is 0. The maximum Gasteiger partial charge on any atom is 0.220 e. The lowest BCUT2D eigenvalue weighted by molar-refractivity contribution is -0.125. The SMILES string of the molecule is O=C1CCC2CN(Cc3cc(Br)cs3)CCC2N1. The molecule has 0 aromatic carbocycles. The van der Waals surface area contributed by atoms with E-state index in [1.807, 2.05) is 11.3 Å². The molecular weight excluding hydrogens is 312 g/mol. The zero-order chi connectivity index (χ0) is 12.5. The van der Waals surface area contributed by atoms with Crippen molar-refractivity contribution < 1.29 is 4.79 Å². The summed E-state index contributed by atoms with van der Waals surface area (Å²) in [5, 5.41) is 5.28. The second-order valence-electron chi connectivity index (χ2n) is 5.23. The van der Waals surface area contributed by atoms with E-state index in [-0.39, 0.29) is 5.91 Å². The normalized spacial score (nSPS) is 28.8. The molecule has 18 heavy (non-hydrogen) atoms. The van der Waals surface area contributed by atoms with E-state index < -0.39 is 0 Å². The van der Waals surface area contributed by atoms with Gasteiger partial charge in [0.15, 0.2) is 0 Å². The Balaban J connectivity index is 1.59. The molecule has 1 amide bonds. The molecule has 2 unspecified atom stereocenters. The third kappa shape index (κ3) is 2.78. The Hall–Kier alpha value is -0.390. The molecule has 3 heterocycles. The average molecular weight is 329 g/mol. The number of halogens is 1. The molecule has 0 radical (unpaired) electrons. The van der Waals surface area contributed by atoms with Crippen molar-refractivity contribution in [1.29, 1.82) is 0 Å². The molecule has 3 nitrogen and oxygen atoms in total. The number of nitrogens with one attached hydrogen (secondary N) is 1. The molecule has 2 fully saturated rings. The summed E-state index contributed by atoms with van der Waals surface area (Å²) in [4.78, 5) is 15.3. The molecule has 2 saturated heterocycles.